The van der Waals surface area contributed by atoms with Crippen LogP contribution in [0, 0.1) is 5.82 Å². The van der Waals surface area contributed by atoms with Crippen molar-refractivity contribution in [3.63, 3.8) is 0 Å². The number of fused-ring (bicyclic) bond motifs is 1. The maximum Gasteiger partial charge on any atom is 0.259 e. The lowest BCUT2D eigenvalue weighted by atomic mass is 10.2. The van der Waals surface area contributed by atoms with Crippen LogP contribution in [0.3, 0.4) is 0 Å². The van der Waals surface area contributed by atoms with Crippen LogP contribution in [0.25, 0.3) is 10.9 Å². The summed E-state index contributed by atoms with van der Waals surface area (Å²) in [4.78, 5) is 12.3. The van der Waals surface area contributed by atoms with Crippen LogP contribution in [0.2, 0.25) is 0 Å². The molecule has 2 aromatic carbocycles. The van der Waals surface area contributed by atoms with E-state index in [1.165, 1.54) is 23.8 Å². The number of hydrogen-bond acceptors (Lipinski definition) is 4. The van der Waals surface area contributed by atoms with Crippen molar-refractivity contribution in [3.05, 3.63) is 76.2 Å². The minimum absolute atomic E-state index is 0.0259. The van der Waals surface area contributed by atoms with Crippen LogP contribution in [0.4, 0.5) is 10.2 Å². The van der Waals surface area contributed by atoms with E-state index in [1.54, 1.807) is 17.4 Å². The molecule has 0 fully saturated rings. The van der Waals surface area contributed by atoms with Crippen molar-refractivity contribution in [2.75, 3.05) is 11.9 Å². The number of carbonyl (C=O) groups is 1. The van der Waals surface area contributed by atoms with Crippen molar-refractivity contribution >= 4 is 34.0 Å². The van der Waals surface area contributed by atoms with E-state index < -0.39 is 11.7 Å². The maximum absolute atomic E-state index is 13.8. The number of rotatable bonds is 6. The molecule has 2 N–H and O–H groups in total. The largest absolute Gasteiger partial charge is 0.493 e. The van der Waals surface area contributed by atoms with Gasteiger partial charge in [0.25, 0.3) is 5.91 Å². The Kier molecular flexibility index (Phi) is 4.84. The molecule has 0 radical (unpaired) electrons. The molecule has 1 amide bonds. The van der Waals surface area contributed by atoms with Crippen LogP contribution in [0.5, 0.6) is 5.75 Å². The predicted octanol–water partition coefficient (Wildman–Crippen LogP) is 4.64. The number of H-pyrrole nitrogens is 1. The number of anilines is 1. The second-order valence-corrected chi connectivity index (χ2v) is 6.72. The molecule has 0 aliphatic heterocycles. The normalized spacial score (nSPS) is 10.9. The number of amides is 1. The number of nitrogens with zero attached hydrogens (tertiary/aromatic N) is 1. The molecule has 0 spiro atoms. The first-order valence-electron chi connectivity index (χ1n) is 8.38. The van der Waals surface area contributed by atoms with Crippen LogP contribution in [0.1, 0.15) is 15.9 Å². The predicted molar refractivity (Wildman–Crippen MR) is 104 cm³/mol. The minimum Gasteiger partial charge on any atom is -0.493 e. The number of hydrogen-bond donors (Lipinski definition) is 2. The van der Waals surface area contributed by atoms with E-state index in [-0.39, 0.29) is 5.56 Å². The number of ether oxygens (including phenoxy) is 1. The van der Waals surface area contributed by atoms with E-state index in [1.807, 2.05) is 23.6 Å². The fourth-order valence-corrected chi connectivity index (χ4v) is 3.43. The van der Waals surface area contributed by atoms with Crippen LogP contribution in [-0.4, -0.2) is 22.7 Å². The Bertz CT molecular complexity index is 1080. The first-order chi connectivity index (χ1) is 13.2. The maximum atomic E-state index is 13.8. The van der Waals surface area contributed by atoms with Gasteiger partial charge in [-0.15, -0.1) is 0 Å². The lowest BCUT2D eigenvalue weighted by molar-refractivity contribution is 0.102. The smallest absolute Gasteiger partial charge is 0.259 e. The third-order valence-electron chi connectivity index (χ3n) is 4.12. The molecule has 5 nitrogen and oxygen atoms in total. The fourth-order valence-electron chi connectivity index (χ4n) is 2.73. The molecule has 0 saturated carbocycles. The molecule has 4 aromatic rings. The van der Waals surface area contributed by atoms with Gasteiger partial charge in [0.2, 0.25) is 0 Å². The monoisotopic (exact) mass is 381 g/mol. The summed E-state index contributed by atoms with van der Waals surface area (Å²) in [6.07, 6.45) is 0.842. The highest BCUT2D eigenvalue weighted by Crippen LogP contribution is 2.25. The number of aromatic amines is 1. The van der Waals surface area contributed by atoms with Gasteiger partial charge in [-0.2, -0.15) is 16.4 Å². The van der Waals surface area contributed by atoms with Gasteiger partial charge >= 0.3 is 0 Å². The zero-order valence-corrected chi connectivity index (χ0v) is 15.1. The van der Waals surface area contributed by atoms with Crippen LogP contribution in [-0.2, 0) is 6.42 Å². The molecule has 0 atom stereocenters. The third-order valence-corrected chi connectivity index (χ3v) is 4.86. The SMILES string of the molecule is O=C(Nc1n[nH]c2cc(OCCc3ccsc3)ccc12)c1ccccc1F. The van der Waals surface area contributed by atoms with Crippen molar-refractivity contribution in [1.82, 2.24) is 10.2 Å². The van der Waals surface area contributed by atoms with Crippen LogP contribution in [0.15, 0.2) is 59.3 Å². The van der Waals surface area contributed by atoms with Crippen molar-refractivity contribution in [2.45, 2.75) is 6.42 Å². The lowest BCUT2D eigenvalue weighted by Crippen LogP contribution is -2.14. The summed E-state index contributed by atoms with van der Waals surface area (Å²) >= 11 is 1.67. The van der Waals surface area contributed by atoms with Gasteiger partial charge in [-0.25, -0.2) is 4.39 Å². The van der Waals surface area contributed by atoms with Gasteiger partial charge in [0.1, 0.15) is 11.6 Å². The van der Waals surface area contributed by atoms with Gasteiger partial charge < -0.3 is 10.1 Å². The quantitative estimate of drug-likeness (QED) is 0.511. The van der Waals surface area contributed by atoms with E-state index in [4.69, 9.17) is 4.74 Å². The van der Waals surface area contributed by atoms with Gasteiger partial charge in [-0.05, 0) is 46.7 Å². The Morgan fingerprint density at radius 3 is 2.93 bits per heavy atom. The number of halogens is 1. The Labute approximate surface area is 158 Å². The Morgan fingerprint density at radius 1 is 1.22 bits per heavy atom. The summed E-state index contributed by atoms with van der Waals surface area (Å²) < 4.78 is 19.5. The van der Waals surface area contributed by atoms with Crippen molar-refractivity contribution < 1.29 is 13.9 Å². The number of benzene rings is 2. The molecule has 0 aliphatic carbocycles. The molecule has 27 heavy (non-hydrogen) atoms. The Hall–Kier alpha value is -3.19. The summed E-state index contributed by atoms with van der Waals surface area (Å²) in [7, 11) is 0. The number of carbonyl (C=O) groups excluding carboxylic acids is 1. The van der Waals surface area contributed by atoms with E-state index in [9.17, 15) is 9.18 Å². The molecular formula is C20H16FN3O2S. The molecule has 2 aromatic heterocycles. The average Bonchev–Trinajstić information content (AvgIpc) is 3.32. The Morgan fingerprint density at radius 2 is 2.11 bits per heavy atom. The highest BCUT2D eigenvalue weighted by atomic mass is 32.1. The third kappa shape index (κ3) is 3.83. The molecule has 0 saturated heterocycles. The zero-order valence-electron chi connectivity index (χ0n) is 14.2. The molecule has 0 unspecified atom stereocenters. The average molecular weight is 381 g/mol. The van der Waals surface area contributed by atoms with Crippen LogP contribution >= 0.6 is 11.3 Å². The first-order valence-corrected chi connectivity index (χ1v) is 9.33. The highest BCUT2D eigenvalue weighted by molar-refractivity contribution is 7.07. The summed E-state index contributed by atoms with van der Waals surface area (Å²) in [5, 5.41) is 14.5. The standard InChI is InChI=1S/C20H16FN3O2S/c21-17-4-2-1-3-15(17)20(25)22-19-16-6-5-14(11-18(16)23-24-19)26-9-7-13-8-10-27-12-13/h1-6,8,10-12H,7,9H2,(H2,22,23,24,25). The van der Waals surface area contributed by atoms with Crippen LogP contribution < -0.4 is 10.1 Å². The van der Waals surface area contributed by atoms with Gasteiger partial charge in [-0.1, -0.05) is 12.1 Å². The molecule has 0 bridgehead atoms. The fraction of sp³-hybridized carbons (Fsp3) is 0.100. The number of aromatic nitrogens is 2. The summed E-state index contributed by atoms with van der Waals surface area (Å²) in [5.74, 6) is -0.0508. The number of thiophene rings is 1. The molecular weight excluding hydrogens is 365 g/mol. The van der Waals surface area contributed by atoms with Gasteiger partial charge in [0.05, 0.1) is 17.7 Å². The topological polar surface area (TPSA) is 67.0 Å². The van der Waals surface area contributed by atoms with Gasteiger partial charge in [0.15, 0.2) is 5.82 Å². The first kappa shape index (κ1) is 17.2. The van der Waals surface area contributed by atoms with Gasteiger partial charge in [0, 0.05) is 17.9 Å². The molecule has 136 valence electrons. The molecule has 4 rings (SSSR count). The zero-order chi connectivity index (χ0) is 18.6. The molecule has 0 aliphatic rings. The van der Waals surface area contributed by atoms with E-state index in [0.717, 1.165) is 17.3 Å². The van der Waals surface area contributed by atoms with Gasteiger partial charge in [-0.3, -0.25) is 9.89 Å². The summed E-state index contributed by atoms with van der Waals surface area (Å²) in [6.45, 7) is 0.577. The Balaban J connectivity index is 1.46. The van der Waals surface area contributed by atoms with Crippen molar-refractivity contribution in [2.24, 2.45) is 0 Å². The second-order valence-electron chi connectivity index (χ2n) is 5.94. The summed E-state index contributed by atoms with van der Waals surface area (Å²) in [5.41, 5.74) is 1.95. The van der Waals surface area contributed by atoms with Crippen molar-refractivity contribution in [1.29, 1.82) is 0 Å². The highest BCUT2D eigenvalue weighted by Gasteiger charge is 2.14. The lowest BCUT2D eigenvalue weighted by Gasteiger charge is -2.06. The minimum atomic E-state index is -0.573. The summed E-state index contributed by atoms with van der Waals surface area (Å²) in [6, 6.07) is 13.4. The van der Waals surface area contributed by atoms with E-state index >= 15 is 0 Å². The van der Waals surface area contributed by atoms with E-state index in [0.29, 0.717) is 18.2 Å². The molecule has 2 heterocycles. The second kappa shape index (κ2) is 7.59. The number of nitrogens with one attached hydrogen (secondary N) is 2. The molecule has 7 heteroatoms. The van der Waals surface area contributed by atoms with Crippen molar-refractivity contribution in [3.8, 4) is 5.75 Å². The van der Waals surface area contributed by atoms with E-state index in [2.05, 4.69) is 27.0 Å².